The second-order valence-corrected chi connectivity index (χ2v) is 15.6. The summed E-state index contributed by atoms with van der Waals surface area (Å²) >= 11 is 0. The van der Waals surface area contributed by atoms with Crippen molar-refractivity contribution in [1.29, 1.82) is 0 Å². The van der Waals surface area contributed by atoms with Gasteiger partial charge in [0.15, 0.2) is 0 Å². The molecule has 0 heteroatoms. The molecule has 0 nitrogen and oxygen atoms in total. The van der Waals surface area contributed by atoms with E-state index in [1.54, 1.807) is 0 Å². The molecule has 1 aliphatic rings. The lowest BCUT2D eigenvalue weighted by atomic mass is 9.80. The summed E-state index contributed by atoms with van der Waals surface area (Å²) in [5.74, 6) is 0.479. The largest absolute Gasteiger partial charge is 0.0911 e. The van der Waals surface area contributed by atoms with E-state index in [9.17, 15) is 0 Å². The van der Waals surface area contributed by atoms with Crippen LogP contribution in [0.25, 0.3) is 66.7 Å². The molecule has 0 aromatic heterocycles. The Morgan fingerprint density at radius 3 is 2.15 bits per heavy atom. The molecular weight excluding hydrogens is 661 g/mol. The Labute approximate surface area is 327 Å². The molecule has 0 bridgehead atoms. The molecule has 0 N–H and O–H groups in total. The van der Waals surface area contributed by atoms with E-state index in [1.807, 2.05) is 0 Å². The van der Waals surface area contributed by atoms with Gasteiger partial charge in [0.05, 0.1) is 0 Å². The van der Waals surface area contributed by atoms with E-state index < -0.39 is 0 Å². The third-order valence-corrected chi connectivity index (χ3v) is 11.6. The maximum atomic E-state index is 4.44. The minimum Gasteiger partial charge on any atom is -0.0911 e. The maximum Gasteiger partial charge on any atom is -0.00134 e. The molecule has 270 valence electrons. The predicted molar refractivity (Wildman–Crippen MR) is 242 cm³/mol. The fourth-order valence-electron chi connectivity index (χ4n) is 8.50. The fraction of sp³-hybridized carbons (Fsp3) is 0.164. The van der Waals surface area contributed by atoms with E-state index >= 15 is 0 Å². The van der Waals surface area contributed by atoms with Crippen molar-refractivity contribution in [2.24, 2.45) is 5.92 Å². The second-order valence-electron chi connectivity index (χ2n) is 15.6. The highest BCUT2D eigenvalue weighted by Gasteiger charge is 2.21. The van der Waals surface area contributed by atoms with Crippen LogP contribution < -0.4 is 0 Å². The standard InChI is InChI=1S/C55H50/c1-36(2)22-33-50-40(6)49-18-11-12-20-52(49)55(48-17-9-7-14-37(48)3)54(50)34-41-24-27-43(28-25-41)46-32-31-45-30-29-42(39(5)53(45)35-46)26-23-38(4)47-21-13-16-44-15-8-10-19-51(44)47/h7-8,10-16,18-33,35-36H,4,9,17,34H2,1-3,5-6H3/b26-23-,33-22-. The lowest BCUT2D eigenvalue weighted by Gasteiger charge is -2.24. The highest BCUT2D eigenvalue weighted by atomic mass is 14.2. The van der Waals surface area contributed by atoms with Gasteiger partial charge < -0.3 is 0 Å². The molecule has 7 aromatic carbocycles. The van der Waals surface area contributed by atoms with Crippen LogP contribution in [-0.4, -0.2) is 0 Å². The number of aryl methyl sites for hydroxylation is 2. The number of hydrogen-bond acceptors (Lipinski definition) is 0. The summed E-state index contributed by atoms with van der Waals surface area (Å²) in [6.45, 7) is 15.8. The van der Waals surface area contributed by atoms with Crippen LogP contribution >= 0.6 is 0 Å². The predicted octanol–water partition coefficient (Wildman–Crippen LogP) is 15.5. The van der Waals surface area contributed by atoms with Crippen molar-refractivity contribution in [2.45, 2.75) is 53.9 Å². The summed E-state index contributed by atoms with van der Waals surface area (Å²) in [5, 5.41) is 7.73. The van der Waals surface area contributed by atoms with Crippen LogP contribution in [0.15, 0.2) is 158 Å². The van der Waals surface area contributed by atoms with Crippen LogP contribution in [0.5, 0.6) is 0 Å². The van der Waals surface area contributed by atoms with Crippen LogP contribution in [0.3, 0.4) is 0 Å². The number of hydrogen-bond donors (Lipinski definition) is 0. The summed E-state index contributed by atoms with van der Waals surface area (Å²) < 4.78 is 0. The normalized spacial score (nSPS) is 13.4. The maximum absolute atomic E-state index is 4.44. The summed E-state index contributed by atoms with van der Waals surface area (Å²) in [4.78, 5) is 0. The average Bonchev–Trinajstić information content (AvgIpc) is 3.21. The van der Waals surface area contributed by atoms with Crippen molar-refractivity contribution in [3.05, 3.63) is 202 Å². The molecule has 0 atom stereocenters. The van der Waals surface area contributed by atoms with Gasteiger partial charge in [0, 0.05) is 0 Å². The Balaban J connectivity index is 1.13. The SMILES string of the molecule is C=C(/C=C\c1ccc2ccc(-c3ccc(Cc4c(/C=C\C(C)C)c(C)c5ccccc5c4C4=C(C)C=CCC4)cc3)cc2c1C)c1cccc2ccccc12. The Hall–Kier alpha value is -5.98. The molecule has 0 heterocycles. The van der Waals surface area contributed by atoms with Crippen LogP contribution in [0.2, 0.25) is 0 Å². The lowest BCUT2D eigenvalue weighted by molar-refractivity contribution is 0.836. The molecule has 0 radical (unpaired) electrons. The van der Waals surface area contributed by atoms with Crippen LogP contribution in [0.1, 0.15) is 78.1 Å². The zero-order chi connectivity index (χ0) is 38.1. The average molecular weight is 711 g/mol. The molecule has 0 fully saturated rings. The Morgan fingerprint density at radius 1 is 0.673 bits per heavy atom. The second kappa shape index (κ2) is 15.4. The van der Waals surface area contributed by atoms with E-state index in [4.69, 9.17) is 0 Å². The zero-order valence-corrected chi connectivity index (χ0v) is 32.9. The molecule has 0 saturated heterocycles. The number of rotatable bonds is 9. The molecule has 7 aromatic rings. The molecule has 0 aliphatic heterocycles. The minimum absolute atomic E-state index is 0.479. The van der Waals surface area contributed by atoms with E-state index in [1.165, 1.54) is 99.1 Å². The fourth-order valence-corrected chi connectivity index (χ4v) is 8.50. The zero-order valence-electron chi connectivity index (χ0n) is 32.9. The monoisotopic (exact) mass is 710 g/mol. The first-order valence-corrected chi connectivity index (χ1v) is 19.8. The van der Waals surface area contributed by atoms with Crippen molar-refractivity contribution in [3.63, 3.8) is 0 Å². The van der Waals surface area contributed by atoms with E-state index in [0.29, 0.717) is 5.92 Å². The molecule has 8 rings (SSSR count). The lowest BCUT2D eigenvalue weighted by Crippen LogP contribution is -2.05. The Kier molecular flexibility index (Phi) is 10.1. The Bertz CT molecular complexity index is 2720. The summed E-state index contributed by atoms with van der Waals surface area (Å²) in [6, 6.07) is 44.7. The van der Waals surface area contributed by atoms with Crippen molar-refractivity contribution < 1.29 is 0 Å². The highest BCUT2D eigenvalue weighted by molar-refractivity contribution is 6.01. The van der Waals surface area contributed by atoms with Gasteiger partial charge in [0.2, 0.25) is 0 Å². The first-order chi connectivity index (χ1) is 26.8. The summed E-state index contributed by atoms with van der Waals surface area (Å²) in [6.07, 6.45) is 16.8. The van der Waals surface area contributed by atoms with E-state index in [-0.39, 0.29) is 0 Å². The molecule has 0 saturated carbocycles. The molecule has 0 spiro atoms. The van der Waals surface area contributed by atoms with Gasteiger partial charge in [0.1, 0.15) is 0 Å². The van der Waals surface area contributed by atoms with Gasteiger partial charge in [-0.1, -0.05) is 172 Å². The third kappa shape index (κ3) is 7.18. The van der Waals surface area contributed by atoms with Gasteiger partial charge >= 0.3 is 0 Å². The molecular formula is C55H50. The van der Waals surface area contributed by atoms with Gasteiger partial charge in [-0.15, -0.1) is 0 Å². The molecule has 0 amide bonds. The third-order valence-electron chi connectivity index (χ3n) is 11.6. The highest BCUT2D eigenvalue weighted by Crippen LogP contribution is 2.41. The van der Waals surface area contributed by atoms with Crippen LogP contribution in [0, 0.1) is 19.8 Å². The Morgan fingerprint density at radius 2 is 1.36 bits per heavy atom. The quantitative estimate of drug-likeness (QED) is 0.131. The first kappa shape index (κ1) is 36.0. The van der Waals surface area contributed by atoms with Gasteiger partial charge in [-0.2, -0.15) is 0 Å². The molecule has 0 unspecified atom stereocenters. The van der Waals surface area contributed by atoms with Crippen LogP contribution in [0.4, 0.5) is 0 Å². The van der Waals surface area contributed by atoms with E-state index in [2.05, 4.69) is 199 Å². The van der Waals surface area contributed by atoms with Crippen molar-refractivity contribution >= 4 is 55.6 Å². The van der Waals surface area contributed by atoms with Gasteiger partial charge in [-0.25, -0.2) is 0 Å². The van der Waals surface area contributed by atoms with Crippen molar-refractivity contribution in [3.8, 4) is 11.1 Å². The summed E-state index contributed by atoms with van der Waals surface area (Å²) in [5.41, 5.74) is 17.0. The van der Waals surface area contributed by atoms with Crippen molar-refractivity contribution in [1.82, 2.24) is 0 Å². The number of allylic oxidation sites excluding steroid dienone is 7. The minimum atomic E-state index is 0.479. The molecule has 1 aliphatic carbocycles. The smallest absolute Gasteiger partial charge is 0.00134 e. The van der Waals surface area contributed by atoms with E-state index in [0.717, 1.165) is 24.8 Å². The molecule has 55 heavy (non-hydrogen) atoms. The van der Waals surface area contributed by atoms with Gasteiger partial charge in [-0.3, -0.25) is 0 Å². The van der Waals surface area contributed by atoms with Crippen LogP contribution in [-0.2, 0) is 6.42 Å². The number of fused-ring (bicyclic) bond motifs is 3. The topological polar surface area (TPSA) is 0 Å². The van der Waals surface area contributed by atoms with Gasteiger partial charge in [-0.05, 0) is 157 Å². The van der Waals surface area contributed by atoms with Crippen molar-refractivity contribution in [2.75, 3.05) is 0 Å². The summed E-state index contributed by atoms with van der Waals surface area (Å²) in [7, 11) is 0. The first-order valence-electron chi connectivity index (χ1n) is 19.8. The van der Waals surface area contributed by atoms with Gasteiger partial charge in [0.25, 0.3) is 0 Å². The number of benzene rings is 7.